The van der Waals surface area contributed by atoms with E-state index in [1.807, 2.05) is 24.3 Å². The van der Waals surface area contributed by atoms with Crippen LogP contribution in [0.5, 0.6) is 0 Å². The summed E-state index contributed by atoms with van der Waals surface area (Å²) in [5.74, 6) is -0.413. The molecule has 4 heteroatoms. The largest absolute Gasteiger partial charge is 0.461 e. The van der Waals surface area contributed by atoms with Crippen molar-refractivity contribution in [3.8, 4) is 22.3 Å². The molecule has 0 saturated carbocycles. The number of aromatic nitrogens is 1. The van der Waals surface area contributed by atoms with Gasteiger partial charge in [0.05, 0.1) is 13.2 Å². The Kier molecular flexibility index (Phi) is 5.14. The standard InChI is InChI=1S/C23H22N2O2/c1-6-27-23(26)22-21(19(24-4)14-25(22)5)18-12-10-17(11-13-18)20-15(2)8-7-9-16(20)3/h7-14H,6H2,1-3,5H3. The minimum absolute atomic E-state index is 0.294. The van der Waals surface area contributed by atoms with Gasteiger partial charge in [0.2, 0.25) is 5.69 Å². The summed E-state index contributed by atoms with van der Waals surface area (Å²) in [5, 5.41) is 0. The van der Waals surface area contributed by atoms with Gasteiger partial charge in [-0.3, -0.25) is 0 Å². The van der Waals surface area contributed by atoms with Gasteiger partial charge in [-0.15, -0.1) is 0 Å². The van der Waals surface area contributed by atoms with Crippen molar-refractivity contribution in [2.24, 2.45) is 7.05 Å². The molecule has 4 nitrogen and oxygen atoms in total. The van der Waals surface area contributed by atoms with Crippen LogP contribution in [0, 0.1) is 20.4 Å². The van der Waals surface area contributed by atoms with Crippen molar-refractivity contribution in [1.29, 1.82) is 0 Å². The Morgan fingerprint density at radius 3 is 2.11 bits per heavy atom. The van der Waals surface area contributed by atoms with E-state index in [0.29, 0.717) is 23.6 Å². The first kappa shape index (κ1) is 18.5. The first-order valence-corrected chi connectivity index (χ1v) is 8.88. The van der Waals surface area contributed by atoms with Crippen LogP contribution < -0.4 is 0 Å². The van der Waals surface area contributed by atoms with E-state index in [0.717, 1.165) is 11.1 Å². The Labute approximate surface area is 159 Å². The fourth-order valence-corrected chi connectivity index (χ4v) is 3.50. The monoisotopic (exact) mass is 358 g/mol. The van der Waals surface area contributed by atoms with E-state index >= 15 is 0 Å². The van der Waals surface area contributed by atoms with Crippen LogP contribution in [0.15, 0.2) is 48.7 Å². The fourth-order valence-electron chi connectivity index (χ4n) is 3.50. The molecule has 0 N–H and O–H groups in total. The molecule has 3 aromatic rings. The molecular formula is C23H22N2O2. The van der Waals surface area contributed by atoms with Gasteiger partial charge in [-0.1, -0.05) is 42.5 Å². The minimum atomic E-state index is -0.413. The summed E-state index contributed by atoms with van der Waals surface area (Å²) < 4.78 is 6.86. The Morgan fingerprint density at radius 2 is 1.59 bits per heavy atom. The van der Waals surface area contributed by atoms with E-state index in [2.05, 4.69) is 36.9 Å². The van der Waals surface area contributed by atoms with E-state index < -0.39 is 5.97 Å². The van der Waals surface area contributed by atoms with Gasteiger partial charge >= 0.3 is 5.97 Å². The molecule has 0 saturated heterocycles. The molecule has 3 rings (SSSR count). The van der Waals surface area contributed by atoms with Crippen LogP contribution in [0.4, 0.5) is 5.69 Å². The Morgan fingerprint density at radius 1 is 1.04 bits per heavy atom. The van der Waals surface area contributed by atoms with Crippen LogP contribution in [-0.2, 0) is 11.8 Å². The van der Waals surface area contributed by atoms with Gasteiger partial charge < -0.3 is 9.30 Å². The van der Waals surface area contributed by atoms with E-state index in [1.165, 1.54) is 16.7 Å². The number of nitrogens with zero attached hydrogens (tertiary/aromatic N) is 2. The summed E-state index contributed by atoms with van der Waals surface area (Å²) in [6.45, 7) is 13.7. The van der Waals surface area contributed by atoms with Crippen LogP contribution in [0.3, 0.4) is 0 Å². The van der Waals surface area contributed by atoms with Crippen molar-refractivity contribution in [2.45, 2.75) is 20.8 Å². The van der Waals surface area contributed by atoms with Gasteiger partial charge in [-0.05, 0) is 48.6 Å². The number of carbonyl (C=O) groups excluding carboxylic acids is 1. The number of esters is 1. The van der Waals surface area contributed by atoms with Gasteiger partial charge in [-0.25, -0.2) is 9.64 Å². The summed E-state index contributed by atoms with van der Waals surface area (Å²) in [7, 11) is 1.76. The number of rotatable bonds is 4. The SMILES string of the molecule is [C-]#[N+]c1cn(C)c(C(=O)OCC)c1-c1ccc(-c2c(C)cccc2C)cc1. The van der Waals surface area contributed by atoms with Crippen LogP contribution in [0.2, 0.25) is 0 Å². The number of hydrogen-bond donors (Lipinski definition) is 0. The summed E-state index contributed by atoms with van der Waals surface area (Å²) in [6.07, 6.45) is 1.67. The molecule has 27 heavy (non-hydrogen) atoms. The third kappa shape index (κ3) is 3.37. The van der Waals surface area contributed by atoms with E-state index in [4.69, 9.17) is 11.3 Å². The lowest BCUT2D eigenvalue weighted by molar-refractivity contribution is 0.0516. The second-order valence-electron chi connectivity index (χ2n) is 6.53. The molecule has 0 spiro atoms. The van der Waals surface area contributed by atoms with Crippen LogP contribution in [-0.4, -0.2) is 17.1 Å². The normalized spacial score (nSPS) is 10.5. The van der Waals surface area contributed by atoms with Crippen LogP contribution in [0.25, 0.3) is 27.1 Å². The zero-order valence-corrected chi connectivity index (χ0v) is 16.0. The lowest BCUT2D eigenvalue weighted by Gasteiger charge is -2.12. The molecule has 0 unspecified atom stereocenters. The predicted molar refractivity (Wildman–Crippen MR) is 108 cm³/mol. The average molecular weight is 358 g/mol. The Hall–Kier alpha value is -3.32. The van der Waals surface area contributed by atoms with Crippen molar-refractivity contribution in [3.63, 3.8) is 0 Å². The number of ether oxygens (including phenoxy) is 1. The molecule has 0 bridgehead atoms. The van der Waals surface area contributed by atoms with Gasteiger partial charge in [0.25, 0.3) is 0 Å². The highest BCUT2D eigenvalue weighted by Gasteiger charge is 2.22. The zero-order chi connectivity index (χ0) is 19.6. The average Bonchev–Trinajstić information content (AvgIpc) is 2.99. The molecule has 0 aliphatic rings. The minimum Gasteiger partial charge on any atom is -0.461 e. The zero-order valence-electron chi connectivity index (χ0n) is 16.0. The van der Waals surface area contributed by atoms with E-state index in [9.17, 15) is 4.79 Å². The number of benzene rings is 2. The van der Waals surface area contributed by atoms with Crippen molar-refractivity contribution in [1.82, 2.24) is 4.57 Å². The molecule has 0 radical (unpaired) electrons. The fraction of sp³-hybridized carbons (Fsp3) is 0.217. The highest BCUT2D eigenvalue weighted by atomic mass is 16.5. The first-order valence-electron chi connectivity index (χ1n) is 8.88. The molecular weight excluding hydrogens is 336 g/mol. The molecule has 0 aliphatic heterocycles. The predicted octanol–water partition coefficient (Wildman–Crippen LogP) is 5.70. The van der Waals surface area contributed by atoms with Crippen molar-refractivity contribution in [2.75, 3.05) is 6.61 Å². The lowest BCUT2D eigenvalue weighted by Crippen LogP contribution is -2.10. The molecule has 0 atom stereocenters. The molecule has 136 valence electrons. The highest BCUT2D eigenvalue weighted by Crippen LogP contribution is 2.37. The van der Waals surface area contributed by atoms with Crippen molar-refractivity contribution < 1.29 is 9.53 Å². The van der Waals surface area contributed by atoms with Crippen molar-refractivity contribution >= 4 is 11.7 Å². The third-order valence-corrected chi connectivity index (χ3v) is 4.69. The van der Waals surface area contributed by atoms with Gasteiger partial charge in [0, 0.05) is 18.8 Å². The Bertz CT molecular complexity index is 1020. The lowest BCUT2D eigenvalue weighted by atomic mass is 9.94. The summed E-state index contributed by atoms with van der Waals surface area (Å²) >= 11 is 0. The quantitative estimate of drug-likeness (QED) is 0.443. The maximum Gasteiger partial charge on any atom is 0.354 e. The van der Waals surface area contributed by atoms with E-state index in [1.54, 1.807) is 24.7 Å². The second kappa shape index (κ2) is 7.51. The first-order chi connectivity index (χ1) is 13.0. The number of hydrogen-bond acceptors (Lipinski definition) is 2. The third-order valence-electron chi connectivity index (χ3n) is 4.69. The molecule has 2 aromatic carbocycles. The Balaban J connectivity index is 2.11. The summed E-state index contributed by atoms with van der Waals surface area (Å²) in [4.78, 5) is 16.0. The topological polar surface area (TPSA) is 35.6 Å². The molecule has 1 heterocycles. The molecule has 0 fully saturated rings. The number of carbonyl (C=O) groups is 1. The van der Waals surface area contributed by atoms with Crippen LogP contribution in [0.1, 0.15) is 28.5 Å². The van der Waals surface area contributed by atoms with Gasteiger partial charge in [-0.2, -0.15) is 0 Å². The van der Waals surface area contributed by atoms with E-state index in [-0.39, 0.29) is 0 Å². The smallest absolute Gasteiger partial charge is 0.354 e. The molecule has 0 amide bonds. The van der Waals surface area contributed by atoms with Gasteiger partial charge in [0.15, 0.2) is 0 Å². The van der Waals surface area contributed by atoms with Crippen molar-refractivity contribution in [3.05, 3.63) is 76.9 Å². The maximum absolute atomic E-state index is 12.4. The second-order valence-corrected chi connectivity index (χ2v) is 6.53. The molecule has 1 aromatic heterocycles. The van der Waals surface area contributed by atoms with Crippen LogP contribution >= 0.6 is 0 Å². The summed E-state index contributed by atoms with van der Waals surface area (Å²) in [5.41, 5.74) is 7.08. The maximum atomic E-state index is 12.4. The number of aryl methyl sites for hydroxylation is 3. The molecule has 0 aliphatic carbocycles. The van der Waals surface area contributed by atoms with Gasteiger partial charge in [0.1, 0.15) is 5.69 Å². The summed E-state index contributed by atoms with van der Waals surface area (Å²) in [6, 6.07) is 14.3. The highest BCUT2D eigenvalue weighted by molar-refractivity contribution is 6.00.